The fourth-order valence-corrected chi connectivity index (χ4v) is 5.95. The average Bonchev–Trinajstić information content (AvgIpc) is 3.37. The second-order valence-electron chi connectivity index (χ2n) is 9.71. The maximum Gasteiger partial charge on any atom is 0.344 e. The summed E-state index contributed by atoms with van der Waals surface area (Å²) in [6.45, 7) is 3.59. The Labute approximate surface area is 263 Å². The summed E-state index contributed by atoms with van der Waals surface area (Å²) in [6, 6.07) is 20.9. The zero-order valence-electron chi connectivity index (χ0n) is 25.3. The highest BCUT2D eigenvalue weighted by Crippen LogP contribution is 2.36. The van der Waals surface area contributed by atoms with Gasteiger partial charge in [-0.15, -0.1) is 0 Å². The summed E-state index contributed by atoms with van der Waals surface area (Å²) in [7, 11) is 3.05. The molecule has 0 aliphatic carbocycles. The lowest BCUT2D eigenvalue weighted by Gasteiger charge is -2.26. The fourth-order valence-electron chi connectivity index (χ4n) is 4.95. The molecule has 1 aliphatic rings. The lowest BCUT2D eigenvalue weighted by molar-refractivity contribution is -0.145. The molecule has 232 valence electrons. The molecule has 0 N–H and O–H groups in total. The van der Waals surface area contributed by atoms with E-state index >= 15 is 0 Å². The molecule has 1 atom stereocenters. The number of aromatic nitrogens is 1. The van der Waals surface area contributed by atoms with Crippen molar-refractivity contribution < 1.29 is 33.3 Å². The van der Waals surface area contributed by atoms with E-state index in [1.54, 1.807) is 57.4 Å². The van der Waals surface area contributed by atoms with Gasteiger partial charge in [-0.05, 0) is 55.3 Å². The fraction of sp³-hybridized carbons (Fsp3) is 0.235. The van der Waals surface area contributed by atoms with E-state index in [4.69, 9.17) is 28.7 Å². The zero-order valence-corrected chi connectivity index (χ0v) is 26.1. The molecular formula is C34H32N2O8S. The number of carbonyl (C=O) groups excluding carboxylic acids is 2. The van der Waals surface area contributed by atoms with Crippen LogP contribution in [0.15, 0.2) is 88.2 Å². The molecule has 0 unspecified atom stereocenters. The number of thiazole rings is 1. The molecule has 45 heavy (non-hydrogen) atoms. The number of benzene rings is 3. The first-order chi connectivity index (χ1) is 21.9. The molecule has 1 aliphatic heterocycles. The first kappa shape index (κ1) is 31.3. The Morgan fingerprint density at radius 2 is 1.69 bits per heavy atom. The van der Waals surface area contributed by atoms with Crippen molar-refractivity contribution in [3.63, 3.8) is 0 Å². The monoisotopic (exact) mass is 628 g/mol. The summed E-state index contributed by atoms with van der Waals surface area (Å²) < 4.78 is 28.9. The van der Waals surface area contributed by atoms with Gasteiger partial charge in [-0.1, -0.05) is 59.9 Å². The first-order valence-corrected chi connectivity index (χ1v) is 15.1. The Balaban J connectivity index is 1.68. The van der Waals surface area contributed by atoms with Crippen molar-refractivity contribution in [2.75, 3.05) is 34.0 Å². The number of nitrogens with zero attached hydrogens (tertiary/aromatic N) is 2. The average molecular weight is 629 g/mol. The number of esters is 2. The van der Waals surface area contributed by atoms with Crippen molar-refractivity contribution in [1.29, 1.82) is 0 Å². The van der Waals surface area contributed by atoms with E-state index in [1.807, 2.05) is 42.5 Å². The minimum absolute atomic E-state index is 0.154. The zero-order chi connectivity index (χ0) is 31.9. The lowest BCUT2D eigenvalue weighted by Crippen LogP contribution is -2.40. The van der Waals surface area contributed by atoms with Crippen LogP contribution in [0.3, 0.4) is 0 Å². The highest BCUT2D eigenvalue weighted by atomic mass is 32.1. The van der Waals surface area contributed by atoms with Crippen LogP contribution >= 0.6 is 11.3 Å². The van der Waals surface area contributed by atoms with Crippen molar-refractivity contribution in [2.24, 2.45) is 4.99 Å². The Bertz CT molecular complexity index is 1930. The molecule has 0 spiro atoms. The van der Waals surface area contributed by atoms with Gasteiger partial charge in [0.1, 0.15) is 5.75 Å². The molecule has 11 heteroatoms. The van der Waals surface area contributed by atoms with E-state index in [9.17, 15) is 14.4 Å². The van der Waals surface area contributed by atoms with Crippen LogP contribution in [-0.2, 0) is 19.1 Å². The van der Waals surface area contributed by atoms with Gasteiger partial charge in [0.2, 0.25) is 0 Å². The molecular weight excluding hydrogens is 596 g/mol. The van der Waals surface area contributed by atoms with Gasteiger partial charge >= 0.3 is 11.9 Å². The van der Waals surface area contributed by atoms with Gasteiger partial charge in [0.25, 0.3) is 5.56 Å². The second kappa shape index (κ2) is 14.1. The van der Waals surface area contributed by atoms with E-state index in [-0.39, 0.29) is 31.0 Å². The van der Waals surface area contributed by atoms with Gasteiger partial charge in [0.15, 0.2) is 22.9 Å². The van der Waals surface area contributed by atoms with E-state index < -0.39 is 18.0 Å². The van der Waals surface area contributed by atoms with Crippen LogP contribution in [0.5, 0.6) is 17.2 Å². The SMILES string of the molecule is CCOC(=O)COc1ccc(/C=c2/sc3n(c2=O)[C@H](c2cccc(OC)c2)C(C(=O)OCC)=C(c2ccccc2)N=3)cc1OC. The van der Waals surface area contributed by atoms with Gasteiger partial charge in [-0.25, -0.2) is 14.6 Å². The normalized spacial score (nSPS) is 14.3. The number of carbonyl (C=O) groups is 2. The molecule has 10 nitrogen and oxygen atoms in total. The van der Waals surface area contributed by atoms with E-state index in [0.29, 0.717) is 49.0 Å². The third-order valence-electron chi connectivity index (χ3n) is 6.92. The molecule has 0 fully saturated rings. The predicted molar refractivity (Wildman–Crippen MR) is 169 cm³/mol. The summed E-state index contributed by atoms with van der Waals surface area (Å²) >= 11 is 1.21. The van der Waals surface area contributed by atoms with Gasteiger partial charge in [-0.3, -0.25) is 9.36 Å². The summed E-state index contributed by atoms with van der Waals surface area (Å²) in [4.78, 5) is 44.8. The molecule has 0 bridgehead atoms. The summed E-state index contributed by atoms with van der Waals surface area (Å²) in [5, 5.41) is 0. The summed E-state index contributed by atoms with van der Waals surface area (Å²) in [5.41, 5.74) is 2.39. The van der Waals surface area contributed by atoms with Crippen molar-refractivity contribution in [1.82, 2.24) is 4.57 Å². The third-order valence-corrected chi connectivity index (χ3v) is 7.90. The molecule has 0 radical (unpaired) electrons. The summed E-state index contributed by atoms with van der Waals surface area (Å²) in [5.74, 6) is 0.256. The molecule has 1 aromatic heterocycles. The van der Waals surface area contributed by atoms with Crippen molar-refractivity contribution in [2.45, 2.75) is 19.9 Å². The maximum absolute atomic E-state index is 14.2. The van der Waals surface area contributed by atoms with Gasteiger partial charge in [-0.2, -0.15) is 0 Å². The first-order valence-electron chi connectivity index (χ1n) is 14.3. The van der Waals surface area contributed by atoms with Gasteiger partial charge in [0.05, 0.1) is 49.3 Å². The Morgan fingerprint density at radius 3 is 2.40 bits per heavy atom. The highest BCUT2D eigenvalue weighted by molar-refractivity contribution is 7.07. The highest BCUT2D eigenvalue weighted by Gasteiger charge is 2.35. The van der Waals surface area contributed by atoms with E-state index in [2.05, 4.69) is 0 Å². The molecule has 3 aromatic carbocycles. The lowest BCUT2D eigenvalue weighted by atomic mass is 9.93. The maximum atomic E-state index is 14.2. The largest absolute Gasteiger partial charge is 0.497 e. The van der Waals surface area contributed by atoms with Crippen LogP contribution in [-0.4, -0.2) is 50.5 Å². The van der Waals surface area contributed by atoms with Crippen molar-refractivity contribution in [3.8, 4) is 17.2 Å². The second-order valence-corrected chi connectivity index (χ2v) is 10.7. The van der Waals surface area contributed by atoms with Crippen LogP contribution in [0.2, 0.25) is 0 Å². The predicted octanol–water partition coefficient (Wildman–Crippen LogP) is 3.89. The quantitative estimate of drug-likeness (QED) is 0.230. The Kier molecular flexibility index (Phi) is 9.79. The third kappa shape index (κ3) is 6.68. The minimum atomic E-state index is -0.832. The number of hydrogen-bond donors (Lipinski definition) is 0. The number of fused-ring (bicyclic) bond motifs is 1. The number of rotatable bonds is 11. The van der Waals surface area contributed by atoms with Crippen molar-refractivity contribution in [3.05, 3.63) is 115 Å². The molecule has 5 rings (SSSR count). The Hall–Kier alpha value is -5.16. The van der Waals surface area contributed by atoms with Crippen LogP contribution < -0.4 is 29.1 Å². The van der Waals surface area contributed by atoms with Crippen LogP contribution in [0.25, 0.3) is 11.8 Å². The van der Waals surface area contributed by atoms with Crippen molar-refractivity contribution >= 4 is 35.0 Å². The molecule has 4 aromatic rings. The minimum Gasteiger partial charge on any atom is -0.497 e. The number of ether oxygens (including phenoxy) is 5. The smallest absolute Gasteiger partial charge is 0.344 e. The molecule has 0 saturated heterocycles. The Morgan fingerprint density at radius 1 is 0.911 bits per heavy atom. The van der Waals surface area contributed by atoms with Crippen LogP contribution in [0.4, 0.5) is 0 Å². The topological polar surface area (TPSA) is 115 Å². The number of methoxy groups -OCH3 is 2. The van der Waals surface area contributed by atoms with Crippen LogP contribution in [0, 0.1) is 0 Å². The standard InChI is InChI=1S/C34H32N2O8S/c1-5-42-28(37)20-44-25-16-15-21(17-26(25)41-4)18-27-32(38)36-31(23-13-10-14-24(19-23)40-3)29(33(39)43-6-2)30(35-34(36)45-27)22-11-8-7-9-12-22/h7-19,31H,5-6,20H2,1-4H3/b27-18+/t31-/m1/s1. The van der Waals surface area contributed by atoms with E-state index in [1.165, 1.54) is 23.0 Å². The van der Waals surface area contributed by atoms with Gasteiger partial charge < -0.3 is 23.7 Å². The molecule has 0 amide bonds. The van der Waals surface area contributed by atoms with E-state index in [0.717, 1.165) is 0 Å². The number of hydrogen-bond acceptors (Lipinski definition) is 10. The molecule has 0 saturated carbocycles. The molecule has 2 heterocycles. The van der Waals surface area contributed by atoms with Crippen LogP contribution in [0.1, 0.15) is 36.6 Å². The summed E-state index contributed by atoms with van der Waals surface area (Å²) in [6.07, 6.45) is 1.72. The van der Waals surface area contributed by atoms with Gasteiger partial charge in [0, 0.05) is 5.56 Å².